The lowest BCUT2D eigenvalue weighted by molar-refractivity contribution is 0.0521. The van der Waals surface area contributed by atoms with Gasteiger partial charge in [0.2, 0.25) is 0 Å². The highest BCUT2D eigenvalue weighted by Gasteiger charge is 2.21. The first-order chi connectivity index (χ1) is 15.0. The van der Waals surface area contributed by atoms with Crippen LogP contribution in [0.4, 0.5) is 5.69 Å². The van der Waals surface area contributed by atoms with Gasteiger partial charge in [-0.1, -0.05) is 23.7 Å². The van der Waals surface area contributed by atoms with Crippen molar-refractivity contribution in [3.05, 3.63) is 59.2 Å². The molecule has 1 saturated heterocycles. The van der Waals surface area contributed by atoms with E-state index >= 15 is 0 Å². The third-order valence-electron chi connectivity index (χ3n) is 5.53. The summed E-state index contributed by atoms with van der Waals surface area (Å²) >= 11 is 6.02. The molecule has 1 aromatic heterocycles. The highest BCUT2D eigenvalue weighted by Crippen LogP contribution is 2.29. The van der Waals surface area contributed by atoms with Crippen LogP contribution in [0, 0.1) is 0 Å². The number of ether oxygens (including phenoxy) is 1. The van der Waals surface area contributed by atoms with Crippen LogP contribution in [0.25, 0.3) is 22.6 Å². The SMILES string of the molecule is CCOC(=O)c1[nH]c(-c2ccc(N3CCCN(C)CC3)cc2)nc1-c1ccc(Cl)cc1. The predicted octanol–water partition coefficient (Wildman–Crippen LogP) is 4.72. The van der Waals surface area contributed by atoms with Crippen LogP contribution in [0.2, 0.25) is 5.02 Å². The molecule has 1 aliphatic rings. The molecule has 162 valence electrons. The average molecular weight is 439 g/mol. The number of aromatic amines is 1. The van der Waals surface area contributed by atoms with E-state index in [1.165, 1.54) is 5.69 Å². The van der Waals surface area contributed by atoms with Crippen molar-refractivity contribution >= 4 is 23.3 Å². The second kappa shape index (κ2) is 9.54. The molecule has 1 aliphatic heterocycles. The molecule has 0 amide bonds. The molecule has 0 aliphatic carbocycles. The van der Waals surface area contributed by atoms with Crippen molar-refractivity contribution in [2.45, 2.75) is 13.3 Å². The van der Waals surface area contributed by atoms with Gasteiger partial charge in [0.1, 0.15) is 11.5 Å². The number of rotatable bonds is 5. The molecule has 0 saturated carbocycles. The lowest BCUT2D eigenvalue weighted by Crippen LogP contribution is -2.28. The summed E-state index contributed by atoms with van der Waals surface area (Å²) in [6, 6.07) is 15.6. The summed E-state index contributed by atoms with van der Waals surface area (Å²) in [5, 5.41) is 0.632. The summed E-state index contributed by atoms with van der Waals surface area (Å²) in [4.78, 5) is 25.2. The molecule has 0 bridgehead atoms. The molecule has 7 heteroatoms. The maximum Gasteiger partial charge on any atom is 0.357 e. The number of hydrogen-bond donors (Lipinski definition) is 1. The van der Waals surface area contributed by atoms with Gasteiger partial charge in [0.15, 0.2) is 5.69 Å². The Labute approximate surface area is 187 Å². The third-order valence-corrected chi connectivity index (χ3v) is 5.78. The van der Waals surface area contributed by atoms with E-state index in [9.17, 15) is 4.79 Å². The predicted molar refractivity (Wildman–Crippen MR) is 125 cm³/mol. The van der Waals surface area contributed by atoms with Crippen molar-refractivity contribution in [2.24, 2.45) is 0 Å². The van der Waals surface area contributed by atoms with Gasteiger partial charge in [-0.3, -0.25) is 0 Å². The topological polar surface area (TPSA) is 61.5 Å². The van der Waals surface area contributed by atoms with Crippen LogP contribution >= 0.6 is 11.6 Å². The number of aromatic nitrogens is 2. The van der Waals surface area contributed by atoms with Gasteiger partial charge < -0.3 is 19.5 Å². The Kier molecular flexibility index (Phi) is 6.59. The smallest absolute Gasteiger partial charge is 0.357 e. The van der Waals surface area contributed by atoms with Crippen LogP contribution in [0.5, 0.6) is 0 Å². The number of benzene rings is 2. The van der Waals surface area contributed by atoms with Crippen molar-refractivity contribution < 1.29 is 9.53 Å². The molecular formula is C24H27ClN4O2. The van der Waals surface area contributed by atoms with Crippen LogP contribution in [0.15, 0.2) is 48.5 Å². The molecule has 3 aromatic rings. The Bertz CT molecular complexity index is 1030. The van der Waals surface area contributed by atoms with Gasteiger partial charge in [-0.15, -0.1) is 0 Å². The van der Waals surface area contributed by atoms with Crippen LogP contribution in [-0.4, -0.2) is 60.7 Å². The summed E-state index contributed by atoms with van der Waals surface area (Å²) in [5.74, 6) is 0.214. The van der Waals surface area contributed by atoms with E-state index in [1.807, 2.05) is 24.3 Å². The van der Waals surface area contributed by atoms with Crippen molar-refractivity contribution in [2.75, 3.05) is 44.7 Å². The van der Waals surface area contributed by atoms with Gasteiger partial charge in [0, 0.05) is 41.5 Å². The molecule has 2 heterocycles. The van der Waals surface area contributed by atoms with Gasteiger partial charge in [-0.2, -0.15) is 0 Å². The van der Waals surface area contributed by atoms with Gasteiger partial charge >= 0.3 is 5.97 Å². The van der Waals surface area contributed by atoms with E-state index in [2.05, 4.69) is 34.0 Å². The first-order valence-electron chi connectivity index (χ1n) is 10.6. The lowest BCUT2D eigenvalue weighted by Gasteiger charge is -2.22. The molecule has 0 atom stereocenters. The number of carbonyl (C=O) groups excluding carboxylic acids is 1. The number of likely N-dealkylation sites (N-methyl/N-ethyl adjacent to an activating group) is 1. The number of esters is 1. The van der Waals surface area contributed by atoms with Crippen molar-refractivity contribution in [1.82, 2.24) is 14.9 Å². The van der Waals surface area contributed by atoms with E-state index in [1.54, 1.807) is 19.1 Å². The number of halogens is 1. The summed E-state index contributed by atoms with van der Waals surface area (Å²) < 4.78 is 5.24. The summed E-state index contributed by atoms with van der Waals surface area (Å²) in [6.07, 6.45) is 1.16. The average Bonchev–Trinajstić information content (AvgIpc) is 3.11. The van der Waals surface area contributed by atoms with Crippen LogP contribution in [0.3, 0.4) is 0 Å². The quantitative estimate of drug-likeness (QED) is 0.584. The molecular weight excluding hydrogens is 412 g/mol. The van der Waals surface area contributed by atoms with Crippen molar-refractivity contribution in [3.8, 4) is 22.6 Å². The molecule has 1 fully saturated rings. The second-order valence-corrected chi connectivity index (χ2v) is 8.16. The fourth-order valence-electron chi connectivity index (χ4n) is 3.81. The number of nitrogens with one attached hydrogen (secondary N) is 1. The second-order valence-electron chi connectivity index (χ2n) is 7.73. The van der Waals surface area contributed by atoms with Crippen molar-refractivity contribution in [3.63, 3.8) is 0 Å². The minimum atomic E-state index is -0.420. The monoisotopic (exact) mass is 438 g/mol. The fraction of sp³-hybridized carbons (Fsp3) is 0.333. The van der Waals surface area contributed by atoms with Crippen molar-refractivity contribution in [1.29, 1.82) is 0 Å². The zero-order chi connectivity index (χ0) is 21.8. The zero-order valence-electron chi connectivity index (χ0n) is 17.9. The number of H-pyrrole nitrogens is 1. The van der Waals surface area contributed by atoms with Crippen LogP contribution in [-0.2, 0) is 4.74 Å². The van der Waals surface area contributed by atoms with E-state index < -0.39 is 5.97 Å². The molecule has 1 N–H and O–H groups in total. The maximum absolute atomic E-state index is 12.5. The molecule has 31 heavy (non-hydrogen) atoms. The van der Waals surface area contributed by atoms with Gasteiger partial charge in [-0.05, 0) is 63.3 Å². The Balaban J connectivity index is 1.63. The first kappa shape index (κ1) is 21.4. The number of carbonyl (C=O) groups is 1. The highest BCUT2D eigenvalue weighted by molar-refractivity contribution is 6.30. The summed E-state index contributed by atoms with van der Waals surface area (Å²) in [7, 11) is 2.17. The number of anilines is 1. The maximum atomic E-state index is 12.5. The fourth-order valence-corrected chi connectivity index (χ4v) is 3.94. The summed E-state index contributed by atoms with van der Waals surface area (Å²) in [5.41, 5.74) is 3.83. The Morgan fingerprint density at radius 1 is 1.03 bits per heavy atom. The van der Waals surface area contributed by atoms with E-state index in [0.29, 0.717) is 28.8 Å². The molecule has 0 spiro atoms. The Morgan fingerprint density at radius 2 is 1.74 bits per heavy atom. The molecule has 0 radical (unpaired) electrons. The zero-order valence-corrected chi connectivity index (χ0v) is 18.7. The Morgan fingerprint density at radius 3 is 2.45 bits per heavy atom. The normalized spacial score (nSPS) is 15.0. The molecule has 0 unspecified atom stereocenters. The minimum Gasteiger partial charge on any atom is -0.461 e. The van der Waals surface area contributed by atoms with Crippen LogP contribution < -0.4 is 4.90 Å². The van der Waals surface area contributed by atoms with Gasteiger partial charge in [0.05, 0.1) is 6.61 Å². The molecule has 2 aromatic carbocycles. The summed E-state index contributed by atoms with van der Waals surface area (Å²) in [6.45, 7) is 6.35. The third kappa shape index (κ3) is 4.92. The van der Waals surface area contributed by atoms with E-state index in [-0.39, 0.29) is 0 Å². The van der Waals surface area contributed by atoms with Gasteiger partial charge in [-0.25, -0.2) is 9.78 Å². The van der Waals surface area contributed by atoms with E-state index in [0.717, 1.165) is 43.7 Å². The number of nitrogens with zero attached hydrogens (tertiary/aromatic N) is 3. The largest absolute Gasteiger partial charge is 0.461 e. The molecule has 6 nitrogen and oxygen atoms in total. The molecule has 4 rings (SSSR count). The van der Waals surface area contributed by atoms with Crippen LogP contribution in [0.1, 0.15) is 23.8 Å². The highest BCUT2D eigenvalue weighted by atomic mass is 35.5. The van der Waals surface area contributed by atoms with E-state index in [4.69, 9.17) is 21.3 Å². The Hall–Kier alpha value is -2.83. The minimum absolute atomic E-state index is 0.299. The standard InChI is InChI=1S/C24H27ClN4O2/c1-3-31-24(30)22-21(17-5-9-19(25)10-6-17)26-23(27-22)18-7-11-20(12-8-18)29-14-4-13-28(2)15-16-29/h5-12H,3-4,13-16H2,1-2H3,(H,26,27). The lowest BCUT2D eigenvalue weighted by atomic mass is 10.1. The number of imidazole rings is 1. The van der Waals surface area contributed by atoms with Gasteiger partial charge in [0.25, 0.3) is 0 Å². The number of hydrogen-bond acceptors (Lipinski definition) is 5. The first-order valence-corrected chi connectivity index (χ1v) is 11.0.